The van der Waals surface area contributed by atoms with Gasteiger partial charge in [0.1, 0.15) is 5.82 Å². The van der Waals surface area contributed by atoms with Crippen molar-refractivity contribution in [1.82, 2.24) is 4.98 Å². The van der Waals surface area contributed by atoms with E-state index in [9.17, 15) is 9.50 Å². The van der Waals surface area contributed by atoms with Crippen molar-refractivity contribution in [2.24, 2.45) is 0 Å². The lowest BCUT2D eigenvalue weighted by Crippen LogP contribution is -2.18. The highest BCUT2D eigenvalue weighted by molar-refractivity contribution is 7.09. The Morgan fingerprint density at radius 3 is 2.83 bits per heavy atom. The van der Waals surface area contributed by atoms with Gasteiger partial charge in [-0.2, -0.15) is 0 Å². The first kappa shape index (κ1) is 13.0. The van der Waals surface area contributed by atoms with Crippen LogP contribution >= 0.6 is 11.3 Å². The molecule has 1 heterocycles. The van der Waals surface area contributed by atoms with E-state index >= 15 is 0 Å². The predicted molar refractivity (Wildman–Crippen MR) is 71.3 cm³/mol. The van der Waals surface area contributed by atoms with Crippen LogP contribution in [0.3, 0.4) is 0 Å². The van der Waals surface area contributed by atoms with Crippen molar-refractivity contribution in [3.05, 3.63) is 45.7 Å². The third kappa shape index (κ3) is 2.52. The summed E-state index contributed by atoms with van der Waals surface area (Å²) in [5.41, 5.74) is 3.85. The molecule has 0 amide bonds. The average Bonchev–Trinajstić information content (AvgIpc) is 2.74. The highest BCUT2D eigenvalue weighted by Gasteiger charge is 2.13. The standard InChI is InChI=1S/C13H15FN2OS/c1-9-13(18-8-15-9)6-16(2)12-5-3-4-11(14)10(12)7-17/h3-5,8,17H,6-7H2,1-2H3. The van der Waals surface area contributed by atoms with E-state index in [2.05, 4.69) is 4.98 Å². The molecule has 0 spiro atoms. The number of halogens is 1. The van der Waals surface area contributed by atoms with E-state index in [0.717, 1.165) is 10.6 Å². The van der Waals surface area contributed by atoms with Crippen molar-refractivity contribution in [2.75, 3.05) is 11.9 Å². The molecule has 0 bridgehead atoms. The van der Waals surface area contributed by atoms with Gasteiger partial charge in [-0.25, -0.2) is 9.37 Å². The number of hydrogen-bond acceptors (Lipinski definition) is 4. The summed E-state index contributed by atoms with van der Waals surface area (Å²) in [5, 5.41) is 9.25. The number of aliphatic hydroxyl groups excluding tert-OH is 1. The lowest BCUT2D eigenvalue weighted by Gasteiger charge is -2.21. The monoisotopic (exact) mass is 266 g/mol. The maximum absolute atomic E-state index is 13.6. The fourth-order valence-electron chi connectivity index (χ4n) is 1.84. The number of benzene rings is 1. The van der Waals surface area contributed by atoms with E-state index in [4.69, 9.17) is 0 Å². The van der Waals surface area contributed by atoms with Crippen LogP contribution in [0.25, 0.3) is 0 Å². The maximum atomic E-state index is 13.6. The van der Waals surface area contributed by atoms with Crippen LogP contribution in [0.2, 0.25) is 0 Å². The van der Waals surface area contributed by atoms with Gasteiger partial charge in [-0.15, -0.1) is 11.3 Å². The minimum Gasteiger partial charge on any atom is -0.391 e. The molecule has 18 heavy (non-hydrogen) atoms. The molecule has 0 atom stereocenters. The Balaban J connectivity index is 2.26. The second-order valence-corrected chi connectivity index (χ2v) is 5.05. The SMILES string of the molecule is Cc1ncsc1CN(C)c1cccc(F)c1CO. The summed E-state index contributed by atoms with van der Waals surface area (Å²) >= 11 is 1.58. The molecule has 2 aromatic rings. The van der Waals surface area contributed by atoms with Gasteiger partial charge in [0.15, 0.2) is 0 Å². The van der Waals surface area contributed by atoms with Gasteiger partial charge in [0.25, 0.3) is 0 Å². The molecule has 0 fully saturated rings. The van der Waals surface area contributed by atoms with Crippen LogP contribution in [0.1, 0.15) is 16.1 Å². The van der Waals surface area contributed by atoms with Crippen molar-refractivity contribution >= 4 is 17.0 Å². The van der Waals surface area contributed by atoms with Crippen molar-refractivity contribution in [1.29, 1.82) is 0 Å². The fraction of sp³-hybridized carbons (Fsp3) is 0.308. The minimum absolute atomic E-state index is 0.298. The smallest absolute Gasteiger partial charge is 0.130 e. The molecule has 1 N–H and O–H groups in total. The molecule has 96 valence electrons. The topological polar surface area (TPSA) is 36.4 Å². The third-order valence-corrected chi connectivity index (χ3v) is 3.81. The Bertz CT molecular complexity index is 542. The molecular weight excluding hydrogens is 251 g/mol. The molecule has 0 radical (unpaired) electrons. The van der Waals surface area contributed by atoms with Gasteiger partial charge < -0.3 is 10.0 Å². The number of hydrogen-bond donors (Lipinski definition) is 1. The summed E-state index contributed by atoms with van der Waals surface area (Å²) in [5.74, 6) is -0.372. The molecule has 5 heteroatoms. The zero-order valence-electron chi connectivity index (χ0n) is 10.4. The number of nitrogens with zero attached hydrogens (tertiary/aromatic N) is 2. The van der Waals surface area contributed by atoms with E-state index in [1.165, 1.54) is 6.07 Å². The maximum Gasteiger partial charge on any atom is 0.130 e. The first-order valence-electron chi connectivity index (χ1n) is 5.62. The van der Waals surface area contributed by atoms with Gasteiger partial charge in [0.2, 0.25) is 0 Å². The van der Waals surface area contributed by atoms with E-state index in [0.29, 0.717) is 17.8 Å². The molecule has 0 aliphatic rings. The Morgan fingerprint density at radius 1 is 1.44 bits per heavy atom. The number of thiazole rings is 1. The van der Waals surface area contributed by atoms with Gasteiger partial charge >= 0.3 is 0 Å². The second-order valence-electron chi connectivity index (χ2n) is 4.11. The summed E-state index contributed by atoms with van der Waals surface area (Å²) in [4.78, 5) is 7.26. The van der Waals surface area contributed by atoms with Crippen LogP contribution < -0.4 is 4.90 Å². The number of aryl methyl sites for hydroxylation is 1. The Hall–Kier alpha value is -1.46. The van der Waals surface area contributed by atoms with Gasteiger partial charge in [0.05, 0.1) is 24.4 Å². The minimum atomic E-state index is -0.372. The van der Waals surface area contributed by atoms with Crippen molar-refractivity contribution in [2.45, 2.75) is 20.1 Å². The van der Waals surface area contributed by atoms with Crippen LogP contribution in [-0.4, -0.2) is 17.1 Å². The molecule has 0 unspecified atom stereocenters. The first-order valence-corrected chi connectivity index (χ1v) is 6.49. The van der Waals surface area contributed by atoms with E-state index < -0.39 is 0 Å². The second kappa shape index (κ2) is 5.46. The molecule has 2 rings (SSSR count). The lowest BCUT2D eigenvalue weighted by molar-refractivity contribution is 0.276. The van der Waals surface area contributed by atoms with Crippen molar-refractivity contribution in [3.63, 3.8) is 0 Å². The summed E-state index contributed by atoms with van der Waals surface area (Å²) in [6, 6.07) is 4.83. The normalized spacial score (nSPS) is 10.7. The van der Waals surface area contributed by atoms with Crippen LogP contribution in [0, 0.1) is 12.7 Å². The van der Waals surface area contributed by atoms with E-state index in [1.807, 2.05) is 24.9 Å². The van der Waals surface area contributed by atoms with Crippen LogP contribution in [0.4, 0.5) is 10.1 Å². The zero-order chi connectivity index (χ0) is 13.1. The lowest BCUT2D eigenvalue weighted by atomic mass is 10.1. The molecule has 0 saturated carbocycles. The van der Waals surface area contributed by atoms with Crippen LogP contribution in [0.15, 0.2) is 23.7 Å². The summed E-state index contributed by atoms with van der Waals surface area (Å²) in [6.07, 6.45) is 0. The molecule has 1 aromatic heterocycles. The first-order chi connectivity index (χ1) is 8.63. The predicted octanol–water partition coefficient (Wildman–Crippen LogP) is 2.72. The van der Waals surface area contributed by atoms with Gasteiger partial charge in [-0.05, 0) is 19.1 Å². The summed E-state index contributed by atoms with van der Waals surface area (Å²) in [6.45, 7) is 2.32. The highest BCUT2D eigenvalue weighted by atomic mass is 32.1. The largest absolute Gasteiger partial charge is 0.391 e. The number of aliphatic hydroxyl groups is 1. The molecule has 0 aliphatic heterocycles. The Kier molecular flexibility index (Phi) is 3.93. The molecule has 0 aliphatic carbocycles. The highest BCUT2D eigenvalue weighted by Crippen LogP contribution is 2.25. The molecular formula is C13H15FN2OS. The number of rotatable bonds is 4. The van der Waals surface area contributed by atoms with E-state index in [-0.39, 0.29) is 12.4 Å². The summed E-state index contributed by atoms with van der Waals surface area (Å²) < 4.78 is 13.6. The van der Waals surface area contributed by atoms with E-state index in [1.54, 1.807) is 22.9 Å². The Labute approximate surface area is 110 Å². The zero-order valence-corrected chi connectivity index (χ0v) is 11.2. The third-order valence-electron chi connectivity index (χ3n) is 2.89. The van der Waals surface area contributed by atoms with Crippen molar-refractivity contribution in [3.8, 4) is 0 Å². The van der Waals surface area contributed by atoms with Crippen LogP contribution in [-0.2, 0) is 13.2 Å². The van der Waals surface area contributed by atoms with Gasteiger partial charge in [-0.3, -0.25) is 0 Å². The molecule has 1 aromatic carbocycles. The number of anilines is 1. The quantitative estimate of drug-likeness (QED) is 0.924. The average molecular weight is 266 g/mol. The van der Waals surface area contributed by atoms with Gasteiger partial charge in [0, 0.05) is 23.2 Å². The van der Waals surface area contributed by atoms with Gasteiger partial charge in [-0.1, -0.05) is 6.07 Å². The van der Waals surface area contributed by atoms with Crippen molar-refractivity contribution < 1.29 is 9.50 Å². The molecule has 3 nitrogen and oxygen atoms in total. The Morgan fingerprint density at radius 2 is 2.22 bits per heavy atom. The number of aromatic nitrogens is 1. The molecule has 0 saturated heterocycles. The van der Waals surface area contributed by atoms with Crippen LogP contribution in [0.5, 0.6) is 0 Å². The fourth-order valence-corrected chi connectivity index (χ4v) is 2.67. The summed E-state index contributed by atoms with van der Waals surface area (Å²) in [7, 11) is 1.88.